The first kappa shape index (κ1) is 25.1. The summed E-state index contributed by atoms with van der Waals surface area (Å²) in [5.74, 6) is 1.67. The Morgan fingerprint density at radius 3 is 2.59 bits per heavy atom. The summed E-state index contributed by atoms with van der Waals surface area (Å²) in [6.07, 6.45) is 5.52. The van der Waals surface area contributed by atoms with Gasteiger partial charge in [0.15, 0.2) is 5.82 Å². The molecule has 8 heteroatoms. The average molecular weight is 501 g/mol. The Labute approximate surface area is 217 Å². The van der Waals surface area contributed by atoms with Crippen molar-refractivity contribution in [1.82, 2.24) is 30.1 Å². The van der Waals surface area contributed by atoms with E-state index in [0.29, 0.717) is 19.1 Å². The molecule has 2 aromatic heterocycles. The normalized spacial score (nSPS) is 15.1. The van der Waals surface area contributed by atoms with Gasteiger partial charge in [0, 0.05) is 18.2 Å². The zero-order valence-corrected chi connectivity index (χ0v) is 22.2. The molecule has 0 radical (unpaired) electrons. The molecule has 0 unspecified atom stereocenters. The number of fused-ring (bicyclic) bond motifs is 1. The Kier molecular flexibility index (Phi) is 7.37. The molecule has 37 heavy (non-hydrogen) atoms. The lowest BCUT2D eigenvalue weighted by Crippen LogP contribution is -2.39. The minimum absolute atomic E-state index is 0.00527. The predicted molar refractivity (Wildman–Crippen MR) is 145 cm³/mol. The first-order valence-electron chi connectivity index (χ1n) is 13.2. The van der Waals surface area contributed by atoms with Crippen LogP contribution in [0, 0.1) is 13.8 Å². The lowest BCUT2D eigenvalue weighted by atomic mass is 10.0. The summed E-state index contributed by atoms with van der Waals surface area (Å²) in [6.45, 7) is 7.47. The van der Waals surface area contributed by atoms with Crippen LogP contribution in [0.4, 0.5) is 0 Å². The molecule has 1 fully saturated rings. The van der Waals surface area contributed by atoms with Crippen LogP contribution < -0.4 is 10.3 Å². The number of aryl methyl sites for hydroxylation is 2. The molecule has 4 aromatic rings. The van der Waals surface area contributed by atoms with Gasteiger partial charge < -0.3 is 9.72 Å². The first-order valence-corrected chi connectivity index (χ1v) is 13.2. The van der Waals surface area contributed by atoms with Crippen LogP contribution in [0.15, 0.2) is 47.3 Å². The van der Waals surface area contributed by atoms with Gasteiger partial charge in [-0.1, -0.05) is 43.5 Å². The average Bonchev–Trinajstić information content (AvgIpc) is 3.58. The first-order chi connectivity index (χ1) is 18.0. The monoisotopic (exact) mass is 500 g/mol. The number of tetrazole rings is 1. The van der Waals surface area contributed by atoms with Crippen LogP contribution in [-0.4, -0.2) is 43.2 Å². The van der Waals surface area contributed by atoms with Crippen LogP contribution in [-0.2, 0) is 13.1 Å². The zero-order chi connectivity index (χ0) is 25.9. The maximum absolute atomic E-state index is 13.2. The maximum atomic E-state index is 13.2. The number of hydrogen-bond acceptors (Lipinski definition) is 6. The molecule has 1 aliphatic carbocycles. The van der Waals surface area contributed by atoms with Crippen LogP contribution in [0.5, 0.6) is 5.75 Å². The molecule has 1 aliphatic rings. The van der Waals surface area contributed by atoms with Crippen molar-refractivity contribution < 1.29 is 4.74 Å². The standard InChI is InChI=1S/C29H36N6O2/c1-5-26(28-31-32-33-35(28)17-21-10-12-25(37-4)13-11-21)34(24-8-6-7-9-24)18-23-16-22-15-19(2)14-20(3)27(22)30-29(23)36/h10-16,24,26H,5-9,17-18H2,1-4H3,(H,30,36)/t26-/m0/s1. The molecule has 2 heterocycles. The van der Waals surface area contributed by atoms with Gasteiger partial charge in [0.25, 0.3) is 5.56 Å². The quantitative estimate of drug-likeness (QED) is 0.345. The molecule has 194 valence electrons. The fraction of sp³-hybridized carbons (Fsp3) is 0.448. The molecule has 0 aliphatic heterocycles. The Hall–Kier alpha value is -3.52. The van der Waals surface area contributed by atoms with Crippen molar-refractivity contribution in [3.8, 4) is 5.75 Å². The molecule has 0 bridgehead atoms. The van der Waals surface area contributed by atoms with Crippen LogP contribution >= 0.6 is 0 Å². The van der Waals surface area contributed by atoms with Gasteiger partial charge in [-0.2, -0.15) is 0 Å². The number of methoxy groups -OCH3 is 1. The number of ether oxygens (including phenoxy) is 1. The van der Waals surface area contributed by atoms with E-state index in [0.717, 1.165) is 58.4 Å². The van der Waals surface area contributed by atoms with Crippen molar-refractivity contribution in [2.24, 2.45) is 0 Å². The van der Waals surface area contributed by atoms with Gasteiger partial charge in [-0.15, -0.1) is 5.10 Å². The molecule has 1 saturated carbocycles. The van der Waals surface area contributed by atoms with E-state index in [1.54, 1.807) is 7.11 Å². The van der Waals surface area contributed by atoms with Gasteiger partial charge in [0.05, 0.1) is 25.2 Å². The van der Waals surface area contributed by atoms with Gasteiger partial charge >= 0.3 is 0 Å². The molecular formula is C29H36N6O2. The summed E-state index contributed by atoms with van der Waals surface area (Å²) < 4.78 is 7.19. The number of aromatic nitrogens is 5. The second kappa shape index (κ2) is 10.8. The number of benzene rings is 2. The molecule has 1 N–H and O–H groups in total. The van der Waals surface area contributed by atoms with E-state index in [2.05, 4.69) is 57.5 Å². The van der Waals surface area contributed by atoms with Gasteiger partial charge in [-0.25, -0.2) is 4.68 Å². The second-order valence-corrected chi connectivity index (χ2v) is 10.2. The third-order valence-electron chi connectivity index (χ3n) is 7.65. The van der Waals surface area contributed by atoms with E-state index in [-0.39, 0.29) is 11.6 Å². The SMILES string of the molecule is CC[C@@H](c1nnnn1Cc1ccc(OC)cc1)N(Cc1cc2cc(C)cc(C)c2[nH]c1=O)C1CCCC1. The Balaban J connectivity index is 1.49. The molecule has 0 amide bonds. The summed E-state index contributed by atoms with van der Waals surface area (Å²) in [7, 11) is 1.67. The Morgan fingerprint density at radius 1 is 1.14 bits per heavy atom. The van der Waals surface area contributed by atoms with Crippen molar-refractivity contribution in [2.45, 2.75) is 78.0 Å². The largest absolute Gasteiger partial charge is 0.497 e. The number of rotatable bonds is 9. The van der Waals surface area contributed by atoms with Crippen molar-refractivity contribution in [3.05, 3.63) is 80.9 Å². The van der Waals surface area contributed by atoms with E-state index in [9.17, 15) is 4.79 Å². The van der Waals surface area contributed by atoms with Crippen molar-refractivity contribution in [2.75, 3.05) is 7.11 Å². The van der Waals surface area contributed by atoms with E-state index < -0.39 is 0 Å². The highest BCUT2D eigenvalue weighted by molar-refractivity contribution is 5.82. The van der Waals surface area contributed by atoms with Gasteiger partial charge in [-0.3, -0.25) is 9.69 Å². The summed E-state index contributed by atoms with van der Waals surface area (Å²) in [5, 5.41) is 14.0. The highest BCUT2D eigenvalue weighted by Gasteiger charge is 2.32. The number of H-pyrrole nitrogens is 1. The van der Waals surface area contributed by atoms with E-state index >= 15 is 0 Å². The number of hydrogen-bond donors (Lipinski definition) is 1. The highest BCUT2D eigenvalue weighted by atomic mass is 16.5. The molecular weight excluding hydrogens is 464 g/mol. The second-order valence-electron chi connectivity index (χ2n) is 10.2. The topological polar surface area (TPSA) is 88.9 Å². The fourth-order valence-corrected chi connectivity index (χ4v) is 5.81. The van der Waals surface area contributed by atoms with Gasteiger partial charge in [0.2, 0.25) is 0 Å². The number of aromatic amines is 1. The van der Waals surface area contributed by atoms with Crippen LogP contribution in [0.25, 0.3) is 10.9 Å². The summed E-state index contributed by atoms with van der Waals surface area (Å²) >= 11 is 0. The molecule has 5 rings (SSSR count). The van der Waals surface area contributed by atoms with Gasteiger partial charge in [0.1, 0.15) is 5.75 Å². The Bertz CT molecular complexity index is 1420. The van der Waals surface area contributed by atoms with Crippen LogP contribution in [0.2, 0.25) is 0 Å². The molecule has 8 nitrogen and oxygen atoms in total. The van der Waals surface area contributed by atoms with E-state index in [1.165, 1.54) is 18.4 Å². The maximum Gasteiger partial charge on any atom is 0.252 e. The number of nitrogens with one attached hydrogen (secondary N) is 1. The third kappa shape index (κ3) is 5.30. The summed E-state index contributed by atoms with van der Waals surface area (Å²) in [6, 6.07) is 14.7. The molecule has 0 spiro atoms. The molecule has 0 saturated heterocycles. The predicted octanol–water partition coefficient (Wildman–Crippen LogP) is 5.08. The fourth-order valence-electron chi connectivity index (χ4n) is 5.81. The highest BCUT2D eigenvalue weighted by Crippen LogP contribution is 2.34. The van der Waals surface area contributed by atoms with Crippen molar-refractivity contribution in [3.63, 3.8) is 0 Å². The lowest BCUT2D eigenvalue weighted by Gasteiger charge is -2.35. The molecule has 1 atom stereocenters. The van der Waals surface area contributed by atoms with Crippen molar-refractivity contribution >= 4 is 10.9 Å². The number of nitrogens with zero attached hydrogens (tertiary/aromatic N) is 5. The number of pyridine rings is 1. The van der Waals surface area contributed by atoms with Crippen molar-refractivity contribution in [1.29, 1.82) is 0 Å². The Morgan fingerprint density at radius 2 is 1.89 bits per heavy atom. The van der Waals surface area contributed by atoms with Crippen LogP contribution in [0.3, 0.4) is 0 Å². The smallest absolute Gasteiger partial charge is 0.252 e. The lowest BCUT2D eigenvalue weighted by molar-refractivity contribution is 0.112. The van der Waals surface area contributed by atoms with E-state index in [4.69, 9.17) is 4.74 Å². The molecule has 2 aromatic carbocycles. The summed E-state index contributed by atoms with van der Waals surface area (Å²) in [5.41, 5.74) is 5.08. The third-order valence-corrected chi connectivity index (χ3v) is 7.65. The zero-order valence-electron chi connectivity index (χ0n) is 22.2. The minimum atomic E-state index is -0.0184. The van der Waals surface area contributed by atoms with E-state index in [1.807, 2.05) is 35.9 Å². The van der Waals surface area contributed by atoms with Crippen LogP contribution in [0.1, 0.15) is 73.1 Å². The minimum Gasteiger partial charge on any atom is -0.497 e. The summed E-state index contributed by atoms with van der Waals surface area (Å²) in [4.78, 5) is 18.9. The van der Waals surface area contributed by atoms with Gasteiger partial charge in [-0.05, 0) is 84.3 Å².